The summed E-state index contributed by atoms with van der Waals surface area (Å²) in [5.41, 5.74) is 5.45. The molecule has 0 saturated carbocycles. The molecular formula is C12H20ClN3O4S2. The number of hydrogen-bond donors (Lipinski definition) is 2. The van der Waals surface area contributed by atoms with Crippen LogP contribution >= 0.6 is 23.7 Å². The van der Waals surface area contributed by atoms with Gasteiger partial charge in [-0.2, -0.15) is 4.31 Å². The number of rotatable bonds is 5. The van der Waals surface area contributed by atoms with Crippen LogP contribution in [-0.2, 0) is 26.1 Å². The van der Waals surface area contributed by atoms with E-state index in [2.05, 4.69) is 5.32 Å². The number of thiophene rings is 1. The molecule has 0 radical (unpaired) electrons. The monoisotopic (exact) mass is 369 g/mol. The van der Waals surface area contributed by atoms with Crippen LogP contribution in [0.1, 0.15) is 11.8 Å². The molecule has 3 N–H and O–H groups in total. The lowest BCUT2D eigenvalue weighted by Crippen LogP contribution is -2.40. The molecule has 10 heteroatoms. The van der Waals surface area contributed by atoms with Crippen LogP contribution in [0.5, 0.6) is 0 Å². The Kier molecular flexibility index (Phi) is 7.23. The number of ether oxygens (including phenoxy) is 1. The number of hydrogen-bond acceptors (Lipinski definition) is 6. The average molecular weight is 370 g/mol. The van der Waals surface area contributed by atoms with Crippen LogP contribution < -0.4 is 11.1 Å². The number of nitrogens with zero attached hydrogens (tertiary/aromatic N) is 1. The first kappa shape index (κ1) is 19.3. The summed E-state index contributed by atoms with van der Waals surface area (Å²) >= 11 is 1.16. The number of carbonyl (C=O) groups excluding carboxylic acids is 1. The number of morpholine rings is 1. The van der Waals surface area contributed by atoms with E-state index in [1.807, 2.05) is 0 Å². The third-order valence-electron chi connectivity index (χ3n) is 3.05. The van der Waals surface area contributed by atoms with Crippen molar-refractivity contribution in [1.29, 1.82) is 0 Å². The van der Waals surface area contributed by atoms with Gasteiger partial charge in [-0.25, -0.2) is 8.42 Å². The molecule has 1 atom stereocenters. The lowest BCUT2D eigenvalue weighted by atomic mass is 10.3. The van der Waals surface area contributed by atoms with E-state index >= 15 is 0 Å². The van der Waals surface area contributed by atoms with Crippen LogP contribution in [0.15, 0.2) is 16.3 Å². The quantitative estimate of drug-likeness (QED) is 0.769. The van der Waals surface area contributed by atoms with E-state index in [1.165, 1.54) is 4.31 Å². The van der Waals surface area contributed by atoms with E-state index in [9.17, 15) is 13.2 Å². The van der Waals surface area contributed by atoms with Crippen molar-refractivity contribution >= 4 is 39.7 Å². The van der Waals surface area contributed by atoms with Crippen molar-refractivity contribution in [3.63, 3.8) is 0 Å². The minimum Gasteiger partial charge on any atom is -0.379 e. The maximum absolute atomic E-state index is 12.4. The highest BCUT2D eigenvalue weighted by Gasteiger charge is 2.27. The van der Waals surface area contributed by atoms with Gasteiger partial charge in [0, 0.05) is 18.0 Å². The zero-order valence-electron chi connectivity index (χ0n) is 12.1. The van der Waals surface area contributed by atoms with Gasteiger partial charge in [0.05, 0.1) is 25.8 Å². The van der Waals surface area contributed by atoms with Gasteiger partial charge in [0.2, 0.25) is 5.91 Å². The lowest BCUT2D eigenvalue weighted by Gasteiger charge is -2.25. The maximum Gasteiger partial charge on any atom is 0.252 e. The van der Waals surface area contributed by atoms with Crippen LogP contribution in [0.3, 0.4) is 0 Å². The Balaban J connectivity index is 0.00000242. The number of amides is 1. The van der Waals surface area contributed by atoms with Crippen molar-refractivity contribution in [2.24, 2.45) is 5.73 Å². The molecule has 1 fully saturated rings. The zero-order chi connectivity index (χ0) is 15.5. The first-order chi connectivity index (χ1) is 9.91. The van der Waals surface area contributed by atoms with Crippen LogP contribution in [0, 0.1) is 0 Å². The fourth-order valence-electron chi connectivity index (χ4n) is 1.84. The molecule has 0 bridgehead atoms. The Morgan fingerprint density at radius 1 is 1.45 bits per heavy atom. The predicted molar refractivity (Wildman–Crippen MR) is 86.6 cm³/mol. The van der Waals surface area contributed by atoms with Crippen molar-refractivity contribution < 1.29 is 17.9 Å². The molecule has 1 aromatic heterocycles. The molecule has 126 valence electrons. The van der Waals surface area contributed by atoms with Gasteiger partial charge in [0.1, 0.15) is 4.21 Å². The highest BCUT2D eigenvalue weighted by molar-refractivity contribution is 7.91. The van der Waals surface area contributed by atoms with Gasteiger partial charge in [-0.05, 0) is 19.1 Å². The Morgan fingerprint density at radius 3 is 2.68 bits per heavy atom. The maximum atomic E-state index is 12.4. The molecule has 2 rings (SSSR count). The molecule has 1 aromatic rings. The molecule has 1 aliphatic heterocycles. The minimum absolute atomic E-state index is 0. The van der Waals surface area contributed by atoms with E-state index in [1.54, 1.807) is 19.1 Å². The minimum atomic E-state index is -3.46. The highest BCUT2D eigenvalue weighted by atomic mass is 35.5. The zero-order valence-corrected chi connectivity index (χ0v) is 14.6. The topological polar surface area (TPSA) is 102 Å². The number of halogens is 1. The Labute approximate surface area is 140 Å². The van der Waals surface area contributed by atoms with E-state index in [-0.39, 0.29) is 29.1 Å². The first-order valence-corrected chi connectivity index (χ1v) is 8.87. The standard InChI is InChI=1S/C12H19N3O4S2.ClH/c1-9(13)12(16)14-8-10-2-3-11(20-10)21(17,18)15-4-6-19-7-5-15;/h2-3,9H,4-8,13H2,1H3,(H,14,16);1H/t9-;/m1./s1. The summed E-state index contributed by atoms with van der Waals surface area (Å²) in [6.45, 7) is 3.46. The summed E-state index contributed by atoms with van der Waals surface area (Å²) in [7, 11) is -3.46. The second kappa shape index (κ2) is 8.23. The van der Waals surface area contributed by atoms with Crippen molar-refractivity contribution in [3.8, 4) is 0 Å². The first-order valence-electron chi connectivity index (χ1n) is 6.61. The third-order valence-corrected chi connectivity index (χ3v) is 6.50. The molecule has 2 heterocycles. The largest absolute Gasteiger partial charge is 0.379 e. The highest BCUT2D eigenvalue weighted by Crippen LogP contribution is 2.25. The summed E-state index contributed by atoms with van der Waals surface area (Å²) in [5, 5.41) is 2.66. The predicted octanol–water partition coefficient (Wildman–Crippen LogP) is 0.154. The number of sulfonamides is 1. The van der Waals surface area contributed by atoms with E-state index in [0.717, 1.165) is 16.2 Å². The lowest BCUT2D eigenvalue weighted by molar-refractivity contribution is -0.122. The molecule has 0 aromatic carbocycles. The molecule has 22 heavy (non-hydrogen) atoms. The van der Waals surface area contributed by atoms with Crippen molar-refractivity contribution in [3.05, 3.63) is 17.0 Å². The fourth-order valence-corrected chi connectivity index (χ4v) is 4.70. The van der Waals surface area contributed by atoms with Gasteiger partial charge in [-0.1, -0.05) is 0 Å². The Hall–Kier alpha value is -0.710. The number of carbonyl (C=O) groups is 1. The summed E-state index contributed by atoms with van der Waals surface area (Å²) in [5.74, 6) is -0.263. The van der Waals surface area contributed by atoms with E-state index < -0.39 is 16.1 Å². The van der Waals surface area contributed by atoms with Crippen LogP contribution in [0.4, 0.5) is 0 Å². The molecule has 1 amide bonds. The molecule has 0 aliphatic carbocycles. The van der Waals surface area contributed by atoms with Crippen LogP contribution in [-0.4, -0.2) is 51.0 Å². The SMILES string of the molecule is C[C@@H](N)C(=O)NCc1ccc(S(=O)(=O)N2CCOCC2)s1.Cl. The summed E-state index contributed by atoms with van der Waals surface area (Å²) in [6, 6.07) is 2.70. The van der Waals surface area contributed by atoms with Crippen molar-refractivity contribution in [2.45, 2.75) is 23.7 Å². The molecule has 0 unspecified atom stereocenters. The number of nitrogens with two attached hydrogens (primary N) is 1. The van der Waals surface area contributed by atoms with Crippen molar-refractivity contribution in [1.82, 2.24) is 9.62 Å². The Bertz CT molecular complexity index is 597. The molecule has 7 nitrogen and oxygen atoms in total. The van der Waals surface area contributed by atoms with Gasteiger partial charge in [0.15, 0.2) is 0 Å². The average Bonchev–Trinajstić information content (AvgIpc) is 2.95. The third kappa shape index (κ3) is 4.64. The van der Waals surface area contributed by atoms with E-state index in [0.29, 0.717) is 26.3 Å². The number of nitrogens with one attached hydrogen (secondary N) is 1. The molecule has 1 aliphatic rings. The summed E-state index contributed by atoms with van der Waals surface area (Å²) in [6.07, 6.45) is 0. The second-order valence-electron chi connectivity index (χ2n) is 4.74. The van der Waals surface area contributed by atoms with Gasteiger partial charge in [-0.15, -0.1) is 23.7 Å². The fraction of sp³-hybridized carbons (Fsp3) is 0.583. The Morgan fingerprint density at radius 2 is 2.09 bits per heavy atom. The van der Waals surface area contributed by atoms with Crippen LogP contribution in [0.2, 0.25) is 0 Å². The molecule has 0 spiro atoms. The molecular weight excluding hydrogens is 350 g/mol. The van der Waals surface area contributed by atoms with Crippen molar-refractivity contribution in [2.75, 3.05) is 26.3 Å². The van der Waals surface area contributed by atoms with Gasteiger partial charge in [-0.3, -0.25) is 4.79 Å². The summed E-state index contributed by atoms with van der Waals surface area (Å²) in [4.78, 5) is 12.2. The van der Waals surface area contributed by atoms with Crippen LogP contribution in [0.25, 0.3) is 0 Å². The summed E-state index contributed by atoms with van der Waals surface area (Å²) < 4.78 is 31.7. The normalized spacial score (nSPS) is 17.5. The molecule has 1 saturated heterocycles. The second-order valence-corrected chi connectivity index (χ2v) is 8.08. The van der Waals surface area contributed by atoms with E-state index in [4.69, 9.17) is 10.5 Å². The smallest absolute Gasteiger partial charge is 0.252 e. The van der Waals surface area contributed by atoms with Gasteiger partial charge < -0.3 is 15.8 Å². The van der Waals surface area contributed by atoms with Gasteiger partial charge in [0.25, 0.3) is 10.0 Å². The van der Waals surface area contributed by atoms with Gasteiger partial charge >= 0.3 is 0 Å².